The van der Waals surface area contributed by atoms with Crippen LogP contribution in [-0.2, 0) is 9.59 Å². The zero-order chi connectivity index (χ0) is 18.7. The lowest BCUT2D eigenvalue weighted by molar-refractivity contribution is -0.132. The summed E-state index contributed by atoms with van der Waals surface area (Å²) >= 11 is 6.15. The second kappa shape index (κ2) is 7.66. The molecule has 2 fully saturated rings. The Bertz CT molecular complexity index is 716. The first-order chi connectivity index (χ1) is 12.4. The van der Waals surface area contributed by atoms with E-state index in [1.807, 2.05) is 25.1 Å². The van der Waals surface area contributed by atoms with Gasteiger partial charge in [-0.2, -0.15) is 0 Å². The number of imide groups is 1. The molecule has 0 bridgehead atoms. The molecule has 1 unspecified atom stereocenters. The first kappa shape index (κ1) is 18.7. The molecule has 6 nitrogen and oxygen atoms in total. The van der Waals surface area contributed by atoms with Crippen LogP contribution in [0.1, 0.15) is 57.1 Å². The van der Waals surface area contributed by atoms with Crippen molar-refractivity contribution in [2.24, 2.45) is 0 Å². The van der Waals surface area contributed by atoms with Gasteiger partial charge in [-0.3, -0.25) is 14.5 Å². The highest BCUT2D eigenvalue weighted by Crippen LogP contribution is 2.33. The number of carbonyl (C=O) groups excluding carboxylic acids is 3. The monoisotopic (exact) mass is 377 g/mol. The highest BCUT2D eigenvalue weighted by Gasteiger charge is 2.51. The highest BCUT2D eigenvalue weighted by molar-refractivity contribution is 6.31. The fourth-order valence-electron chi connectivity index (χ4n) is 3.80. The van der Waals surface area contributed by atoms with Gasteiger partial charge in [0.05, 0.1) is 6.04 Å². The lowest BCUT2D eigenvalue weighted by Gasteiger charge is -2.30. The normalized spacial score (nSPS) is 20.2. The Morgan fingerprint density at radius 1 is 1.27 bits per heavy atom. The zero-order valence-corrected chi connectivity index (χ0v) is 15.6. The quantitative estimate of drug-likeness (QED) is 0.773. The van der Waals surface area contributed by atoms with Gasteiger partial charge in [-0.25, -0.2) is 4.79 Å². The van der Waals surface area contributed by atoms with Gasteiger partial charge in [0.1, 0.15) is 5.54 Å². The molecule has 7 heteroatoms. The van der Waals surface area contributed by atoms with Gasteiger partial charge in [-0.1, -0.05) is 49.1 Å². The summed E-state index contributed by atoms with van der Waals surface area (Å²) in [4.78, 5) is 38.3. The number of urea groups is 1. The molecule has 26 heavy (non-hydrogen) atoms. The van der Waals surface area contributed by atoms with E-state index in [1.165, 1.54) is 4.90 Å². The lowest BCUT2D eigenvalue weighted by atomic mass is 9.82. The third-order valence-electron chi connectivity index (χ3n) is 5.26. The van der Waals surface area contributed by atoms with Crippen molar-refractivity contribution in [3.8, 4) is 0 Å². The van der Waals surface area contributed by atoms with Gasteiger partial charge in [0.15, 0.2) is 0 Å². The molecular weight excluding hydrogens is 354 g/mol. The van der Waals surface area contributed by atoms with Crippen molar-refractivity contribution in [1.29, 1.82) is 0 Å². The highest BCUT2D eigenvalue weighted by atomic mass is 35.5. The molecule has 1 heterocycles. The first-order valence-electron chi connectivity index (χ1n) is 9.11. The molecule has 4 amide bonds. The maximum atomic E-state index is 12.7. The van der Waals surface area contributed by atoms with E-state index in [0.29, 0.717) is 17.9 Å². The van der Waals surface area contributed by atoms with E-state index in [4.69, 9.17) is 11.6 Å². The molecule has 3 rings (SSSR count). The van der Waals surface area contributed by atoms with Crippen LogP contribution in [0.5, 0.6) is 0 Å². The maximum absolute atomic E-state index is 12.7. The Hall–Kier alpha value is -2.08. The minimum absolute atomic E-state index is 0.0734. The van der Waals surface area contributed by atoms with E-state index in [-0.39, 0.29) is 36.9 Å². The minimum atomic E-state index is -0.739. The number of carbonyl (C=O) groups is 3. The van der Waals surface area contributed by atoms with E-state index < -0.39 is 5.54 Å². The molecule has 1 saturated heterocycles. The molecule has 1 aromatic rings. The summed E-state index contributed by atoms with van der Waals surface area (Å²) in [7, 11) is 0. The lowest BCUT2D eigenvalue weighted by Crippen LogP contribution is -2.48. The number of nitrogens with one attached hydrogen (secondary N) is 2. The summed E-state index contributed by atoms with van der Waals surface area (Å²) in [6.45, 7) is 1.94. The summed E-state index contributed by atoms with van der Waals surface area (Å²) < 4.78 is 0. The minimum Gasteiger partial charge on any atom is -0.349 e. The number of rotatable bonds is 5. The molecule has 0 radical (unpaired) electrons. The first-order valence-corrected chi connectivity index (χ1v) is 9.49. The standard InChI is InChI=1S/C19H24ClN3O3/c1-13(14-7-3-4-8-15(14)20)21-16(24)9-12-23-17(25)19(22-18(23)26)10-5-2-6-11-19/h3-4,7-8,13H,2,5-6,9-12H2,1H3,(H,21,24)(H,22,26). The Balaban J connectivity index is 1.55. The van der Waals surface area contributed by atoms with E-state index in [9.17, 15) is 14.4 Å². The SMILES string of the molecule is CC(NC(=O)CCN1C(=O)NC2(CCCCC2)C1=O)c1ccccc1Cl. The summed E-state index contributed by atoms with van der Waals surface area (Å²) in [5, 5.41) is 6.32. The Kier molecular flexibility index (Phi) is 5.51. The van der Waals surface area contributed by atoms with Gasteiger partial charge in [0.25, 0.3) is 5.91 Å². The molecular formula is C19H24ClN3O3. The molecule has 1 aromatic carbocycles. The predicted octanol–water partition coefficient (Wildman–Crippen LogP) is 3.16. The average molecular weight is 378 g/mol. The van der Waals surface area contributed by atoms with E-state index >= 15 is 0 Å². The summed E-state index contributed by atoms with van der Waals surface area (Å²) in [6, 6.07) is 6.70. The summed E-state index contributed by atoms with van der Waals surface area (Å²) in [5.74, 6) is -0.406. The third kappa shape index (κ3) is 3.70. The van der Waals surface area contributed by atoms with Gasteiger partial charge in [-0.15, -0.1) is 0 Å². The topological polar surface area (TPSA) is 78.5 Å². The smallest absolute Gasteiger partial charge is 0.325 e. The van der Waals surface area contributed by atoms with Crippen LogP contribution in [0.3, 0.4) is 0 Å². The Morgan fingerprint density at radius 2 is 1.96 bits per heavy atom. The molecule has 140 valence electrons. The van der Waals surface area contributed by atoms with Crippen LogP contribution in [-0.4, -0.2) is 34.8 Å². The van der Waals surface area contributed by atoms with Crippen LogP contribution in [0, 0.1) is 0 Å². The van der Waals surface area contributed by atoms with Crippen molar-refractivity contribution in [2.75, 3.05) is 6.54 Å². The summed E-state index contributed by atoms with van der Waals surface area (Å²) in [5.41, 5.74) is 0.0927. The van der Waals surface area contributed by atoms with E-state index in [1.54, 1.807) is 6.07 Å². The van der Waals surface area contributed by atoms with Crippen molar-refractivity contribution >= 4 is 29.4 Å². The molecule has 1 aliphatic carbocycles. The molecule has 2 N–H and O–H groups in total. The van der Waals surface area contributed by atoms with Crippen molar-refractivity contribution in [3.63, 3.8) is 0 Å². The van der Waals surface area contributed by atoms with Crippen molar-refractivity contribution in [1.82, 2.24) is 15.5 Å². The second-order valence-electron chi connectivity index (χ2n) is 7.09. The van der Waals surface area contributed by atoms with Gasteiger partial charge in [0.2, 0.25) is 5.91 Å². The van der Waals surface area contributed by atoms with Gasteiger partial charge in [0, 0.05) is 18.0 Å². The molecule has 1 spiro atoms. The van der Waals surface area contributed by atoms with Crippen LogP contribution in [0.4, 0.5) is 4.79 Å². The van der Waals surface area contributed by atoms with Crippen LogP contribution in [0.25, 0.3) is 0 Å². The Labute approximate surface area is 158 Å². The fraction of sp³-hybridized carbons (Fsp3) is 0.526. The predicted molar refractivity (Wildman–Crippen MR) is 98.7 cm³/mol. The Morgan fingerprint density at radius 3 is 2.65 bits per heavy atom. The maximum Gasteiger partial charge on any atom is 0.325 e. The largest absolute Gasteiger partial charge is 0.349 e. The molecule has 1 saturated carbocycles. The summed E-state index contributed by atoms with van der Waals surface area (Å²) in [6.07, 6.45) is 4.41. The second-order valence-corrected chi connectivity index (χ2v) is 7.50. The van der Waals surface area contributed by atoms with Crippen molar-refractivity contribution < 1.29 is 14.4 Å². The number of hydrogen-bond acceptors (Lipinski definition) is 3. The van der Waals surface area contributed by atoms with Gasteiger partial charge >= 0.3 is 6.03 Å². The van der Waals surface area contributed by atoms with Gasteiger partial charge < -0.3 is 10.6 Å². The van der Waals surface area contributed by atoms with Gasteiger partial charge in [-0.05, 0) is 31.4 Å². The van der Waals surface area contributed by atoms with Crippen LogP contribution < -0.4 is 10.6 Å². The molecule has 1 aliphatic heterocycles. The number of amides is 4. The zero-order valence-electron chi connectivity index (χ0n) is 14.9. The average Bonchev–Trinajstić information content (AvgIpc) is 2.84. The van der Waals surface area contributed by atoms with E-state index in [2.05, 4.69) is 10.6 Å². The number of benzene rings is 1. The molecule has 2 aliphatic rings. The molecule has 0 aromatic heterocycles. The van der Waals surface area contributed by atoms with Crippen LogP contribution in [0.15, 0.2) is 24.3 Å². The number of halogens is 1. The van der Waals surface area contributed by atoms with Crippen molar-refractivity contribution in [2.45, 2.75) is 57.0 Å². The van der Waals surface area contributed by atoms with Crippen molar-refractivity contribution in [3.05, 3.63) is 34.9 Å². The van der Waals surface area contributed by atoms with Crippen LogP contribution in [0.2, 0.25) is 5.02 Å². The fourth-order valence-corrected chi connectivity index (χ4v) is 4.10. The third-order valence-corrected chi connectivity index (χ3v) is 5.61. The molecule has 1 atom stereocenters. The number of hydrogen-bond donors (Lipinski definition) is 2. The van der Waals surface area contributed by atoms with E-state index in [0.717, 1.165) is 24.8 Å². The van der Waals surface area contributed by atoms with Crippen LogP contribution >= 0.6 is 11.6 Å². The number of nitrogens with zero attached hydrogens (tertiary/aromatic N) is 1.